The van der Waals surface area contributed by atoms with Crippen LogP contribution in [-0.4, -0.2) is 30.3 Å². The van der Waals surface area contributed by atoms with E-state index < -0.39 is 5.60 Å². The average molecular weight is 634 g/mol. The van der Waals surface area contributed by atoms with Gasteiger partial charge in [-0.25, -0.2) is 9.40 Å². The van der Waals surface area contributed by atoms with Crippen molar-refractivity contribution in [1.82, 2.24) is 5.01 Å². The Bertz CT molecular complexity index is 1690. The number of benzene rings is 3. The van der Waals surface area contributed by atoms with Crippen molar-refractivity contribution in [2.75, 3.05) is 13.7 Å². The van der Waals surface area contributed by atoms with Crippen molar-refractivity contribution in [3.05, 3.63) is 106 Å². The van der Waals surface area contributed by atoms with Crippen LogP contribution in [0, 0.1) is 35.9 Å². The molecule has 1 aliphatic carbocycles. The second-order valence-corrected chi connectivity index (χ2v) is 13.2. The van der Waals surface area contributed by atoms with Gasteiger partial charge in [0.1, 0.15) is 22.9 Å². The van der Waals surface area contributed by atoms with Gasteiger partial charge in [-0.3, -0.25) is 4.79 Å². The topological polar surface area (TPSA) is 74.9 Å². The predicted octanol–water partition coefficient (Wildman–Crippen LogP) is 8.79. The Labute approximate surface area is 277 Å². The molecular weight excluding hydrogens is 589 g/mol. The summed E-state index contributed by atoms with van der Waals surface area (Å²) in [5.41, 5.74) is 5.22. The van der Waals surface area contributed by atoms with Gasteiger partial charge < -0.3 is 9.47 Å². The van der Waals surface area contributed by atoms with Crippen LogP contribution in [0.3, 0.4) is 0 Å². The zero-order valence-corrected chi connectivity index (χ0v) is 27.5. The third-order valence-electron chi connectivity index (χ3n) is 10.1. The van der Waals surface area contributed by atoms with E-state index in [0.717, 1.165) is 104 Å². The summed E-state index contributed by atoms with van der Waals surface area (Å²) in [5.74, 6) is 1.55. The van der Waals surface area contributed by atoms with Crippen molar-refractivity contribution in [2.24, 2.45) is 16.9 Å². The number of amides is 1. The molecule has 0 bridgehead atoms. The first-order valence-corrected chi connectivity index (χ1v) is 17.1. The lowest BCUT2D eigenvalue weighted by molar-refractivity contribution is -0.137. The van der Waals surface area contributed by atoms with Crippen LogP contribution < -0.4 is 9.47 Å². The molecule has 7 heteroatoms. The number of nitrogens with zero attached hydrogens (tertiary/aromatic N) is 3. The van der Waals surface area contributed by atoms with Gasteiger partial charge in [-0.2, -0.15) is 10.4 Å². The third-order valence-corrected chi connectivity index (χ3v) is 10.1. The normalized spacial score (nSPS) is 21.4. The maximum Gasteiger partial charge on any atom is 0.246 e. The van der Waals surface area contributed by atoms with Crippen LogP contribution in [0.2, 0.25) is 0 Å². The van der Waals surface area contributed by atoms with Crippen LogP contribution in [0.25, 0.3) is 0 Å². The van der Waals surface area contributed by atoms with Crippen LogP contribution >= 0.6 is 0 Å². The molecule has 3 aliphatic rings. The van der Waals surface area contributed by atoms with Crippen LogP contribution in [0.1, 0.15) is 92.0 Å². The highest BCUT2D eigenvalue weighted by Crippen LogP contribution is 2.45. The highest BCUT2D eigenvalue weighted by atomic mass is 19.1. The van der Waals surface area contributed by atoms with E-state index in [2.05, 4.69) is 36.4 Å². The van der Waals surface area contributed by atoms with Crippen molar-refractivity contribution in [1.29, 1.82) is 5.26 Å². The first kappa shape index (κ1) is 32.5. The van der Waals surface area contributed by atoms with Gasteiger partial charge in [-0.1, -0.05) is 74.6 Å². The Kier molecular flexibility index (Phi) is 10.1. The van der Waals surface area contributed by atoms with Gasteiger partial charge in [0.25, 0.3) is 0 Å². The van der Waals surface area contributed by atoms with Gasteiger partial charge in [0.2, 0.25) is 5.91 Å². The second kappa shape index (κ2) is 14.5. The molecule has 6 nitrogen and oxygen atoms in total. The number of aryl methyl sites for hydroxylation is 1. The van der Waals surface area contributed by atoms with Gasteiger partial charge in [-0.05, 0) is 86.1 Å². The number of fused-ring (bicyclic) bond motifs is 2. The summed E-state index contributed by atoms with van der Waals surface area (Å²) in [7, 11) is 1.69. The summed E-state index contributed by atoms with van der Waals surface area (Å²) in [4.78, 5) is 13.4. The molecule has 3 aromatic carbocycles. The van der Waals surface area contributed by atoms with Crippen molar-refractivity contribution < 1.29 is 18.7 Å². The Morgan fingerprint density at radius 3 is 2.43 bits per heavy atom. The largest absolute Gasteiger partial charge is 0.496 e. The number of allylic oxidation sites excluding steroid dienone is 2. The molecule has 0 spiro atoms. The highest BCUT2D eigenvalue weighted by Gasteiger charge is 2.41. The lowest BCUT2D eigenvalue weighted by Crippen LogP contribution is -2.45. The molecule has 0 N–H and O–H groups in total. The molecule has 244 valence electrons. The fraction of sp³-hybridized carbons (Fsp3) is 0.425. The number of hydrazone groups is 1. The molecule has 2 aliphatic heterocycles. The number of methoxy groups -OCH3 is 1. The quantitative estimate of drug-likeness (QED) is 0.139. The first-order valence-electron chi connectivity index (χ1n) is 17.1. The van der Waals surface area contributed by atoms with E-state index >= 15 is 0 Å². The molecule has 0 aromatic heterocycles. The number of unbranched alkanes of at least 4 members (excludes halogenated alkanes) is 6. The van der Waals surface area contributed by atoms with E-state index in [1.165, 1.54) is 12.1 Å². The number of ether oxygens (including phenoxy) is 2. The summed E-state index contributed by atoms with van der Waals surface area (Å²) in [6, 6.07) is 20.7. The molecule has 0 saturated carbocycles. The van der Waals surface area contributed by atoms with Gasteiger partial charge in [0.15, 0.2) is 0 Å². The van der Waals surface area contributed by atoms with E-state index in [0.29, 0.717) is 18.5 Å². The Hall–Kier alpha value is -4.44. The van der Waals surface area contributed by atoms with E-state index in [9.17, 15) is 14.4 Å². The summed E-state index contributed by atoms with van der Waals surface area (Å²) in [5, 5.41) is 16.0. The fourth-order valence-electron chi connectivity index (χ4n) is 7.42. The molecule has 3 aromatic rings. The van der Waals surface area contributed by atoms with Crippen LogP contribution in [0.15, 0.2) is 77.9 Å². The van der Waals surface area contributed by atoms with Crippen molar-refractivity contribution in [2.45, 2.75) is 83.2 Å². The lowest BCUT2D eigenvalue weighted by atomic mass is 9.76. The maximum atomic E-state index is 13.7. The zero-order valence-electron chi connectivity index (χ0n) is 27.5. The molecule has 3 unspecified atom stereocenters. The number of nitriles is 1. The number of hydrogen-bond donors (Lipinski definition) is 0. The number of carbonyl (C=O) groups is 1. The molecule has 47 heavy (non-hydrogen) atoms. The summed E-state index contributed by atoms with van der Waals surface area (Å²) < 4.78 is 25.9. The van der Waals surface area contributed by atoms with Crippen molar-refractivity contribution >= 4 is 11.6 Å². The minimum absolute atomic E-state index is 0.0527. The zero-order chi connectivity index (χ0) is 32.8. The molecule has 6 rings (SSSR count). The number of rotatable bonds is 13. The third kappa shape index (κ3) is 7.12. The van der Waals surface area contributed by atoms with Gasteiger partial charge in [0, 0.05) is 24.4 Å². The Morgan fingerprint density at radius 2 is 1.68 bits per heavy atom. The smallest absolute Gasteiger partial charge is 0.246 e. The van der Waals surface area contributed by atoms with Gasteiger partial charge in [-0.15, -0.1) is 0 Å². The molecule has 3 atom stereocenters. The minimum Gasteiger partial charge on any atom is -0.496 e. The summed E-state index contributed by atoms with van der Waals surface area (Å²) in [6.07, 6.45) is 14.9. The molecule has 2 heterocycles. The van der Waals surface area contributed by atoms with E-state index in [-0.39, 0.29) is 23.6 Å². The maximum absolute atomic E-state index is 13.7. The first-order chi connectivity index (χ1) is 22.9. The minimum atomic E-state index is -0.540. The highest BCUT2D eigenvalue weighted by molar-refractivity contribution is 6.07. The number of halogens is 1. The van der Waals surface area contributed by atoms with Crippen molar-refractivity contribution in [3.63, 3.8) is 0 Å². The van der Waals surface area contributed by atoms with E-state index in [1.807, 2.05) is 37.3 Å². The lowest BCUT2D eigenvalue weighted by Gasteiger charge is -2.37. The number of hydrogen-bond acceptors (Lipinski definition) is 5. The number of carbonyl (C=O) groups excluding carboxylic acids is 1. The Morgan fingerprint density at radius 1 is 0.957 bits per heavy atom. The SMILES string of the molecule is COc1cc(C2=NN(CCCCCCCCCC3(c4ccc(F)cc4)Cc4ccc(C#N)cc4O3)C(=O)C3CC=CCC23)ccc1C. The molecule has 0 fully saturated rings. The van der Waals surface area contributed by atoms with Crippen LogP contribution in [0.5, 0.6) is 11.5 Å². The van der Waals surface area contributed by atoms with Gasteiger partial charge >= 0.3 is 0 Å². The van der Waals surface area contributed by atoms with Crippen molar-refractivity contribution in [3.8, 4) is 17.6 Å². The van der Waals surface area contributed by atoms with Crippen LogP contribution in [0.4, 0.5) is 4.39 Å². The molecule has 0 saturated heterocycles. The monoisotopic (exact) mass is 633 g/mol. The Balaban J connectivity index is 0.987. The van der Waals surface area contributed by atoms with Crippen LogP contribution in [-0.2, 0) is 16.8 Å². The average Bonchev–Trinajstić information content (AvgIpc) is 3.47. The van der Waals surface area contributed by atoms with E-state index in [4.69, 9.17) is 14.6 Å². The second-order valence-electron chi connectivity index (χ2n) is 13.2. The molecule has 1 amide bonds. The fourth-order valence-corrected chi connectivity index (χ4v) is 7.42. The van der Waals surface area contributed by atoms with E-state index in [1.54, 1.807) is 12.1 Å². The standard InChI is InChI=1S/C40H44FN3O3/c1-28-14-16-30(25-36(28)46-2)38-34-12-8-9-13-35(34)39(45)44(43-38)23-11-7-5-3-4-6-10-22-40(32-18-20-33(41)21-19-32)26-31-17-15-29(27-42)24-37(31)47-40/h8-9,14-21,24-25,34-35H,3-7,10-13,22-23,26H2,1-2H3. The summed E-state index contributed by atoms with van der Waals surface area (Å²) >= 11 is 0. The van der Waals surface area contributed by atoms with Gasteiger partial charge in [0.05, 0.1) is 30.4 Å². The molecular formula is C40H44FN3O3. The summed E-state index contributed by atoms with van der Waals surface area (Å²) in [6.45, 7) is 2.68. The predicted molar refractivity (Wildman–Crippen MR) is 182 cm³/mol. The molecule has 0 radical (unpaired) electrons.